The third kappa shape index (κ3) is 2.45. The van der Waals surface area contributed by atoms with E-state index in [0.29, 0.717) is 5.02 Å². The summed E-state index contributed by atoms with van der Waals surface area (Å²) >= 11 is 6.04. The number of ether oxygens (including phenoxy) is 1. The molecular weight excluding hydrogens is 238 g/mol. The number of halogens is 1. The first kappa shape index (κ1) is 11.6. The van der Waals surface area contributed by atoms with E-state index in [4.69, 9.17) is 11.6 Å². The van der Waals surface area contributed by atoms with Crippen LogP contribution in [-0.4, -0.2) is 18.1 Å². The van der Waals surface area contributed by atoms with Gasteiger partial charge in [-0.1, -0.05) is 23.7 Å². The van der Waals surface area contributed by atoms with E-state index in [-0.39, 0.29) is 0 Å². The molecule has 1 aromatic carbocycles. The van der Waals surface area contributed by atoms with Gasteiger partial charge in [-0.05, 0) is 23.8 Å². The molecule has 0 aliphatic carbocycles. The van der Waals surface area contributed by atoms with Gasteiger partial charge in [0, 0.05) is 17.7 Å². The van der Waals surface area contributed by atoms with E-state index in [9.17, 15) is 4.79 Å². The molecule has 0 saturated heterocycles. The smallest absolute Gasteiger partial charge is 0.330 e. The number of pyridine rings is 1. The van der Waals surface area contributed by atoms with Crippen molar-refractivity contribution in [1.82, 2.24) is 4.98 Å². The number of hydrogen-bond acceptors (Lipinski definition) is 3. The first-order valence-electron chi connectivity index (χ1n) is 5.01. The molecule has 4 heteroatoms. The Bertz CT molecular complexity index is 593. The quantitative estimate of drug-likeness (QED) is 0.605. The Kier molecular flexibility index (Phi) is 3.40. The molecule has 0 amide bonds. The number of nitrogens with zero attached hydrogens (tertiary/aromatic N) is 1. The molecule has 3 nitrogen and oxygen atoms in total. The van der Waals surface area contributed by atoms with Gasteiger partial charge < -0.3 is 4.74 Å². The van der Waals surface area contributed by atoms with Crippen LogP contribution in [0, 0.1) is 0 Å². The second-order valence-electron chi connectivity index (χ2n) is 3.39. The van der Waals surface area contributed by atoms with Gasteiger partial charge >= 0.3 is 5.97 Å². The number of rotatable bonds is 2. The Hall–Kier alpha value is -1.87. The molecule has 0 radical (unpaired) electrons. The van der Waals surface area contributed by atoms with Crippen molar-refractivity contribution in [1.29, 1.82) is 0 Å². The molecular formula is C13H10ClNO2. The van der Waals surface area contributed by atoms with Crippen LogP contribution in [0.1, 0.15) is 5.56 Å². The van der Waals surface area contributed by atoms with E-state index in [1.165, 1.54) is 13.2 Å². The number of carbonyl (C=O) groups excluding carboxylic acids is 1. The largest absolute Gasteiger partial charge is 0.466 e. The van der Waals surface area contributed by atoms with Crippen LogP contribution >= 0.6 is 11.6 Å². The third-order valence-corrected chi connectivity index (χ3v) is 2.66. The summed E-state index contributed by atoms with van der Waals surface area (Å²) in [4.78, 5) is 15.2. The average Bonchev–Trinajstić information content (AvgIpc) is 2.36. The molecule has 0 N–H and O–H groups in total. The summed E-state index contributed by atoms with van der Waals surface area (Å²) in [6.45, 7) is 0. The van der Waals surface area contributed by atoms with E-state index in [1.54, 1.807) is 18.3 Å². The van der Waals surface area contributed by atoms with Gasteiger partial charge in [-0.3, -0.25) is 4.98 Å². The zero-order valence-corrected chi connectivity index (χ0v) is 9.94. The lowest BCUT2D eigenvalue weighted by Gasteiger charge is -2.02. The molecule has 0 atom stereocenters. The summed E-state index contributed by atoms with van der Waals surface area (Å²) in [5.41, 5.74) is 1.60. The van der Waals surface area contributed by atoms with Crippen molar-refractivity contribution < 1.29 is 9.53 Å². The summed E-state index contributed by atoms with van der Waals surface area (Å²) < 4.78 is 4.54. The van der Waals surface area contributed by atoms with Crippen LogP contribution in [0.2, 0.25) is 5.02 Å². The number of benzene rings is 1. The number of aromatic nitrogens is 1. The highest BCUT2D eigenvalue weighted by molar-refractivity contribution is 6.35. The maximum atomic E-state index is 11.0. The van der Waals surface area contributed by atoms with Gasteiger partial charge in [0.25, 0.3) is 0 Å². The Morgan fingerprint density at radius 3 is 3.00 bits per heavy atom. The van der Waals surface area contributed by atoms with Gasteiger partial charge in [0.1, 0.15) is 0 Å². The molecule has 17 heavy (non-hydrogen) atoms. The van der Waals surface area contributed by atoms with E-state index in [2.05, 4.69) is 9.72 Å². The predicted molar refractivity (Wildman–Crippen MR) is 67.8 cm³/mol. The fourth-order valence-electron chi connectivity index (χ4n) is 1.53. The minimum atomic E-state index is -0.392. The highest BCUT2D eigenvalue weighted by Gasteiger charge is 2.03. The molecule has 0 aliphatic rings. The van der Waals surface area contributed by atoms with Gasteiger partial charge in [0.15, 0.2) is 0 Å². The highest BCUT2D eigenvalue weighted by atomic mass is 35.5. The zero-order valence-electron chi connectivity index (χ0n) is 9.18. The fraction of sp³-hybridized carbons (Fsp3) is 0.0769. The normalized spacial score (nSPS) is 10.9. The number of esters is 1. The van der Waals surface area contributed by atoms with Crippen LogP contribution in [0.3, 0.4) is 0 Å². The van der Waals surface area contributed by atoms with Crippen LogP contribution in [0.4, 0.5) is 0 Å². The molecule has 0 aliphatic heterocycles. The van der Waals surface area contributed by atoms with Gasteiger partial charge in [-0.2, -0.15) is 0 Å². The second-order valence-corrected chi connectivity index (χ2v) is 3.80. The van der Waals surface area contributed by atoms with Crippen molar-refractivity contribution in [3.63, 3.8) is 0 Å². The minimum absolute atomic E-state index is 0.392. The Morgan fingerprint density at radius 1 is 1.41 bits per heavy atom. The standard InChI is InChI=1S/C13H10ClNO2/c1-17-12(16)6-5-9-7-8-15-13-10(9)3-2-4-11(13)14/h2-8H,1H3/b6-5-. The maximum Gasteiger partial charge on any atom is 0.330 e. The number of hydrogen-bond donors (Lipinski definition) is 0. The molecule has 0 spiro atoms. The van der Waals surface area contributed by atoms with E-state index in [0.717, 1.165) is 16.5 Å². The van der Waals surface area contributed by atoms with Crippen molar-refractivity contribution in [2.75, 3.05) is 7.11 Å². The molecule has 86 valence electrons. The van der Waals surface area contributed by atoms with Gasteiger partial charge in [0.05, 0.1) is 17.6 Å². The van der Waals surface area contributed by atoms with Crippen molar-refractivity contribution in [2.45, 2.75) is 0 Å². The second kappa shape index (κ2) is 4.97. The van der Waals surface area contributed by atoms with Crippen LogP contribution in [0.5, 0.6) is 0 Å². The molecule has 0 saturated carbocycles. The lowest BCUT2D eigenvalue weighted by molar-refractivity contribution is -0.134. The van der Waals surface area contributed by atoms with Crippen molar-refractivity contribution in [3.05, 3.63) is 47.1 Å². The summed E-state index contributed by atoms with van der Waals surface area (Å²) in [5, 5.41) is 1.50. The first-order chi connectivity index (χ1) is 8.22. The molecule has 2 aromatic rings. The minimum Gasteiger partial charge on any atom is -0.466 e. The van der Waals surface area contributed by atoms with E-state index < -0.39 is 5.97 Å². The zero-order chi connectivity index (χ0) is 12.3. The maximum absolute atomic E-state index is 11.0. The third-order valence-electron chi connectivity index (χ3n) is 2.36. The number of fused-ring (bicyclic) bond motifs is 1. The lowest BCUT2D eigenvalue weighted by Crippen LogP contribution is -1.93. The summed E-state index contributed by atoms with van der Waals surface area (Å²) in [7, 11) is 1.34. The average molecular weight is 248 g/mol. The number of carbonyl (C=O) groups is 1. The van der Waals surface area contributed by atoms with Crippen LogP contribution in [0.25, 0.3) is 17.0 Å². The van der Waals surface area contributed by atoms with E-state index >= 15 is 0 Å². The van der Waals surface area contributed by atoms with Crippen LogP contribution in [-0.2, 0) is 9.53 Å². The van der Waals surface area contributed by atoms with Crippen molar-refractivity contribution in [3.8, 4) is 0 Å². The van der Waals surface area contributed by atoms with Gasteiger partial charge in [-0.15, -0.1) is 0 Å². The molecule has 0 bridgehead atoms. The van der Waals surface area contributed by atoms with Gasteiger partial charge in [0.2, 0.25) is 0 Å². The molecule has 2 rings (SSSR count). The Morgan fingerprint density at radius 2 is 2.24 bits per heavy atom. The summed E-state index contributed by atoms with van der Waals surface area (Å²) in [6, 6.07) is 7.36. The predicted octanol–water partition coefficient (Wildman–Crippen LogP) is 3.07. The number of methoxy groups -OCH3 is 1. The molecule has 1 aromatic heterocycles. The Balaban J connectivity index is 2.52. The Labute approximate surface area is 104 Å². The van der Waals surface area contributed by atoms with Crippen molar-refractivity contribution >= 4 is 34.5 Å². The lowest BCUT2D eigenvalue weighted by atomic mass is 10.1. The summed E-state index contributed by atoms with van der Waals surface area (Å²) in [5.74, 6) is -0.392. The molecule has 0 fully saturated rings. The summed E-state index contributed by atoms with van der Waals surface area (Å²) in [6.07, 6.45) is 4.72. The molecule has 1 heterocycles. The van der Waals surface area contributed by atoms with Gasteiger partial charge in [-0.25, -0.2) is 4.79 Å². The SMILES string of the molecule is COC(=O)/C=C\c1ccnc2c(Cl)cccc12. The fourth-order valence-corrected chi connectivity index (χ4v) is 1.76. The molecule has 0 unspecified atom stereocenters. The van der Waals surface area contributed by atoms with E-state index in [1.807, 2.05) is 18.2 Å². The monoisotopic (exact) mass is 247 g/mol. The first-order valence-corrected chi connectivity index (χ1v) is 5.39. The van der Waals surface area contributed by atoms with Crippen LogP contribution < -0.4 is 0 Å². The number of para-hydroxylation sites is 1. The topological polar surface area (TPSA) is 39.2 Å². The van der Waals surface area contributed by atoms with Crippen molar-refractivity contribution in [2.24, 2.45) is 0 Å². The highest BCUT2D eigenvalue weighted by Crippen LogP contribution is 2.24. The van der Waals surface area contributed by atoms with Crippen LogP contribution in [0.15, 0.2) is 36.5 Å².